The van der Waals surface area contributed by atoms with Gasteiger partial charge in [-0.15, -0.1) is 0 Å². The van der Waals surface area contributed by atoms with Crippen LogP contribution >= 0.6 is 0 Å². The average molecular weight is 204 g/mol. The lowest BCUT2D eigenvalue weighted by Crippen LogP contribution is -2.27. The molecule has 1 nitrogen and oxygen atoms in total. The van der Waals surface area contributed by atoms with Crippen molar-refractivity contribution in [3.63, 3.8) is 0 Å². The van der Waals surface area contributed by atoms with E-state index in [0.717, 1.165) is 0 Å². The van der Waals surface area contributed by atoms with Gasteiger partial charge in [-0.2, -0.15) is 0 Å². The molecular formula is C14H20O. The van der Waals surface area contributed by atoms with Crippen molar-refractivity contribution in [2.24, 2.45) is 0 Å². The summed E-state index contributed by atoms with van der Waals surface area (Å²) in [6.45, 7) is 0. The van der Waals surface area contributed by atoms with E-state index in [4.69, 9.17) is 4.74 Å². The van der Waals surface area contributed by atoms with Crippen LogP contribution in [0.5, 0.6) is 0 Å². The van der Waals surface area contributed by atoms with Gasteiger partial charge in [-0.1, -0.05) is 56.0 Å². The molecular weight excluding hydrogens is 184 g/mol. The van der Waals surface area contributed by atoms with Crippen molar-refractivity contribution in [1.82, 2.24) is 0 Å². The molecule has 0 atom stereocenters. The maximum atomic E-state index is 5.84. The van der Waals surface area contributed by atoms with E-state index in [9.17, 15) is 0 Å². The zero-order valence-electron chi connectivity index (χ0n) is 9.54. The molecule has 0 aliphatic heterocycles. The molecule has 15 heavy (non-hydrogen) atoms. The van der Waals surface area contributed by atoms with E-state index >= 15 is 0 Å². The van der Waals surface area contributed by atoms with Gasteiger partial charge in [0.05, 0.1) is 5.60 Å². The highest BCUT2D eigenvalue weighted by Gasteiger charge is 2.32. The van der Waals surface area contributed by atoms with Crippen molar-refractivity contribution in [3.8, 4) is 0 Å². The number of ether oxygens (including phenoxy) is 1. The standard InChI is InChI=1S/C14H20O/c1-15-14(11-7-2-3-8-12-14)13-9-5-4-6-10-13/h4-6,9-10H,2-3,7-8,11-12H2,1H3. The first-order valence-electron chi connectivity index (χ1n) is 5.98. The molecule has 0 N–H and O–H groups in total. The fourth-order valence-corrected chi connectivity index (χ4v) is 2.65. The Morgan fingerprint density at radius 2 is 1.53 bits per heavy atom. The molecule has 0 saturated heterocycles. The van der Waals surface area contributed by atoms with E-state index < -0.39 is 0 Å². The minimum Gasteiger partial charge on any atom is -0.374 e. The summed E-state index contributed by atoms with van der Waals surface area (Å²) in [7, 11) is 1.86. The number of rotatable bonds is 2. The van der Waals surface area contributed by atoms with Gasteiger partial charge in [0.25, 0.3) is 0 Å². The molecule has 0 aromatic heterocycles. The second-order valence-corrected chi connectivity index (χ2v) is 4.48. The summed E-state index contributed by atoms with van der Waals surface area (Å²) in [5.41, 5.74) is 1.35. The monoisotopic (exact) mass is 204 g/mol. The molecule has 0 heterocycles. The molecule has 0 bridgehead atoms. The second kappa shape index (κ2) is 4.80. The Hall–Kier alpha value is -0.820. The number of methoxy groups -OCH3 is 1. The zero-order valence-corrected chi connectivity index (χ0v) is 9.54. The summed E-state index contributed by atoms with van der Waals surface area (Å²) in [6.07, 6.45) is 7.66. The molecule has 0 radical (unpaired) electrons. The molecule has 0 amide bonds. The maximum Gasteiger partial charge on any atom is 0.0927 e. The first-order valence-corrected chi connectivity index (χ1v) is 5.98. The lowest BCUT2D eigenvalue weighted by Gasteiger charge is -2.32. The lowest BCUT2D eigenvalue weighted by molar-refractivity contribution is -0.0278. The van der Waals surface area contributed by atoms with Crippen molar-refractivity contribution in [2.45, 2.75) is 44.1 Å². The van der Waals surface area contributed by atoms with Crippen LogP contribution in [0.1, 0.15) is 44.1 Å². The van der Waals surface area contributed by atoms with Crippen LogP contribution in [0.4, 0.5) is 0 Å². The molecule has 82 valence electrons. The van der Waals surface area contributed by atoms with Crippen LogP contribution < -0.4 is 0 Å². The first kappa shape index (κ1) is 10.7. The molecule has 1 aliphatic carbocycles. The highest BCUT2D eigenvalue weighted by molar-refractivity contribution is 5.22. The van der Waals surface area contributed by atoms with Crippen molar-refractivity contribution in [3.05, 3.63) is 35.9 Å². The Labute approximate surface area is 92.5 Å². The number of benzene rings is 1. The number of hydrogen-bond donors (Lipinski definition) is 0. The summed E-state index contributed by atoms with van der Waals surface area (Å²) in [5.74, 6) is 0. The van der Waals surface area contributed by atoms with E-state index in [1.54, 1.807) is 0 Å². The molecule has 2 rings (SSSR count). The Morgan fingerprint density at radius 3 is 2.07 bits per heavy atom. The highest BCUT2D eigenvalue weighted by atomic mass is 16.5. The summed E-state index contributed by atoms with van der Waals surface area (Å²) in [6, 6.07) is 10.7. The van der Waals surface area contributed by atoms with Gasteiger partial charge in [0.1, 0.15) is 0 Å². The minimum absolute atomic E-state index is 0.00222. The van der Waals surface area contributed by atoms with Gasteiger partial charge in [-0.05, 0) is 18.4 Å². The number of hydrogen-bond acceptors (Lipinski definition) is 1. The predicted molar refractivity (Wildman–Crippen MR) is 62.8 cm³/mol. The van der Waals surface area contributed by atoms with Gasteiger partial charge in [0.15, 0.2) is 0 Å². The van der Waals surface area contributed by atoms with Gasteiger partial charge < -0.3 is 4.74 Å². The van der Waals surface area contributed by atoms with Crippen molar-refractivity contribution < 1.29 is 4.74 Å². The molecule has 1 fully saturated rings. The second-order valence-electron chi connectivity index (χ2n) is 4.48. The van der Waals surface area contributed by atoms with Crippen LogP contribution in [0, 0.1) is 0 Å². The zero-order chi connectivity index (χ0) is 10.6. The largest absolute Gasteiger partial charge is 0.374 e. The fraction of sp³-hybridized carbons (Fsp3) is 0.571. The van der Waals surface area contributed by atoms with Crippen molar-refractivity contribution in [1.29, 1.82) is 0 Å². The van der Waals surface area contributed by atoms with E-state index in [1.807, 2.05) is 7.11 Å². The third-order valence-corrected chi connectivity index (χ3v) is 3.60. The summed E-state index contributed by atoms with van der Waals surface area (Å²) in [5, 5.41) is 0. The predicted octanol–water partition coefficient (Wildman–Crippen LogP) is 3.88. The Balaban J connectivity index is 2.27. The van der Waals surface area contributed by atoms with Crippen molar-refractivity contribution in [2.75, 3.05) is 7.11 Å². The summed E-state index contributed by atoms with van der Waals surface area (Å²) >= 11 is 0. The van der Waals surface area contributed by atoms with Gasteiger partial charge in [0.2, 0.25) is 0 Å². The van der Waals surface area contributed by atoms with Gasteiger partial charge in [-0.3, -0.25) is 0 Å². The molecule has 1 aromatic carbocycles. The highest BCUT2D eigenvalue weighted by Crippen LogP contribution is 2.38. The molecule has 0 spiro atoms. The van der Waals surface area contributed by atoms with E-state index in [-0.39, 0.29) is 5.60 Å². The lowest BCUT2D eigenvalue weighted by atomic mass is 9.86. The summed E-state index contributed by atoms with van der Waals surface area (Å²) < 4.78 is 5.84. The fourth-order valence-electron chi connectivity index (χ4n) is 2.65. The van der Waals surface area contributed by atoms with E-state index in [0.29, 0.717) is 0 Å². The normalized spacial score (nSPS) is 20.9. The topological polar surface area (TPSA) is 9.23 Å². The van der Waals surface area contributed by atoms with Gasteiger partial charge in [-0.25, -0.2) is 0 Å². The SMILES string of the molecule is COC1(c2ccccc2)CCCCCC1. The van der Waals surface area contributed by atoms with Crippen LogP contribution in [0.15, 0.2) is 30.3 Å². The van der Waals surface area contributed by atoms with Crippen LogP contribution in [0.3, 0.4) is 0 Å². The van der Waals surface area contributed by atoms with Crippen LogP contribution in [-0.4, -0.2) is 7.11 Å². The van der Waals surface area contributed by atoms with Crippen LogP contribution in [0.25, 0.3) is 0 Å². The molecule has 1 aliphatic rings. The minimum atomic E-state index is -0.00222. The Bertz CT molecular complexity index is 283. The third kappa shape index (κ3) is 2.23. The van der Waals surface area contributed by atoms with Crippen LogP contribution in [0.2, 0.25) is 0 Å². The Morgan fingerprint density at radius 1 is 0.933 bits per heavy atom. The smallest absolute Gasteiger partial charge is 0.0927 e. The third-order valence-electron chi connectivity index (χ3n) is 3.60. The maximum absolute atomic E-state index is 5.84. The van der Waals surface area contributed by atoms with Crippen LogP contribution in [-0.2, 0) is 10.3 Å². The average Bonchev–Trinajstić information content (AvgIpc) is 2.56. The molecule has 1 saturated carbocycles. The van der Waals surface area contributed by atoms with E-state index in [2.05, 4.69) is 30.3 Å². The Kier molecular flexibility index (Phi) is 3.42. The van der Waals surface area contributed by atoms with Crippen molar-refractivity contribution >= 4 is 0 Å². The van der Waals surface area contributed by atoms with Gasteiger partial charge >= 0.3 is 0 Å². The van der Waals surface area contributed by atoms with Gasteiger partial charge in [0, 0.05) is 7.11 Å². The molecule has 1 aromatic rings. The first-order chi connectivity index (χ1) is 7.37. The molecule has 0 unspecified atom stereocenters. The molecule has 1 heteroatoms. The van der Waals surface area contributed by atoms with E-state index in [1.165, 1.54) is 44.1 Å². The quantitative estimate of drug-likeness (QED) is 0.664. The summed E-state index contributed by atoms with van der Waals surface area (Å²) in [4.78, 5) is 0.